The maximum absolute atomic E-state index is 13.0. The number of alkyl carbamates (subject to hydrolysis) is 1. The van der Waals surface area contributed by atoms with Gasteiger partial charge in [-0.2, -0.15) is 0 Å². The maximum atomic E-state index is 13.0. The smallest absolute Gasteiger partial charge is 0.408 e. The third kappa shape index (κ3) is 7.57. The largest absolute Gasteiger partial charge is 0.444 e. The zero-order chi connectivity index (χ0) is 23.8. The summed E-state index contributed by atoms with van der Waals surface area (Å²) in [6, 6.07) is 14.1. The van der Waals surface area contributed by atoms with Gasteiger partial charge in [-0.1, -0.05) is 41.9 Å². The van der Waals surface area contributed by atoms with Crippen molar-refractivity contribution in [2.24, 2.45) is 0 Å². The molecular formula is C23H27ClN6O3. The molecule has 0 bridgehead atoms. The summed E-state index contributed by atoms with van der Waals surface area (Å²) < 4.78 is 6.87. The van der Waals surface area contributed by atoms with Crippen molar-refractivity contribution < 1.29 is 14.3 Å². The van der Waals surface area contributed by atoms with Crippen molar-refractivity contribution in [1.29, 1.82) is 0 Å². The van der Waals surface area contributed by atoms with Crippen molar-refractivity contribution in [3.8, 4) is 5.69 Å². The Kier molecular flexibility index (Phi) is 8.00. The van der Waals surface area contributed by atoms with Gasteiger partial charge in [0.05, 0.1) is 5.69 Å². The van der Waals surface area contributed by atoms with Crippen molar-refractivity contribution in [2.45, 2.75) is 45.3 Å². The second kappa shape index (κ2) is 10.9. The highest BCUT2D eigenvalue weighted by molar-refractivity contribution is 6.30. The molecule has 9 nitrogen and oxygen atoms in total. The molecule has 0 radical (unpaired) electrons. The lowest BCUT2D eigenvalue weighted by molar-refractivity contribution is -0.123. The second-order valence-electron chi connectivity index (χ2n) is 8.46. The predicted octanol–water partition coefficient (Wildman–Crippen LogP) is 3.11. The van der Waals surface area contributed by atoms with Gasteiger partial charge in [0.25, 0.3) is 0 Å². The van der Waals surface area contributed by atoms with Crippen molar-refractivity contribution in [3.05, 3.63) is 71.0 Å². The van der Waals surface area contributed by atoms with E-state index >= 15 is 0 Å². The van der Waals surface area contributed by atoms with E-state index in [1.54, 1.807) is 26.8 Å². The molecule has 0 spiro atoms. The molecule has 1 aromatic heterocycles. The normalized spacial score (nSPS) is 12.1. The number of benzene rings is 2. The summed E-state index contributed by atoms with van der Waals surface area (Å²) in [5.74, 6) is -0.310. The summed E-state index contributed by atoms with van der Waals surface area (Å²) in [6.45, 7) is 5.64. The number of carbonyl (C=O) groups excluding carboxylic acids is 2. The zero-order valence-corrected chi connectivity index (χ0v) is 19.5. The number of hydrogen-bond acceptors (Lipinski definition) is 6. The van der Waals surface area contributed by atoms with E-state index in [4.69, 9.17) is 16.3 Å². The van der Waals surface area contributed by atoms with Gasteiger partial charge < -0.3 is 15.4 Å². The fourth-order valence-corrected chi connectivity index (χ4v) is 3.40. The quantitative estimate of drug-likeness (QED) is 0.523. The second-order valence-corrected chi connectivity index (χ2v) is 8.89. The predicted molar refractivity (Wildman–Crippen MR) is 124 cm³/mol. The minimum atomic E-state index is -0.791. The number of hydrogen-bond donors (Lipinski definition) is 2. The summed E-state index contributed by atoms with van der Waals surface area (Å²) in [7, 11) is 0. The van der Waals surface area contributed by atoms with Crippen molar-refractivity contribution in [2.75, 3.05) is 6.54 Å². The van der Waals surface area contributed by atoms with E-state index in [1.165, 1.54) is 11.0 Å². The number of halogens is 1. The molecule has 3 aromatic rings. The number of amides is 2. The van der Waals surface area contributed by atoms with Crippen LogP contribution in [0.25, 0.3) is 5.69 Å². The summed E-state index contributed by atoms with van der Waals surface area (Å²) >= 11 is 6.16. The van der Waals surface area contributed by atoms with Gasteiger partial charge in [-0.15, -0.1) is 5.10 Å². The molecule has 2 amide bonds. The fourth-order valence-electron chi connectivity index (χ4n) is 3.20. The first-order chi connectivity index (χ1) is 15.7. The summed E-state index contributed by atoms with van der Waals surface area (Å²) in [5, 5.41) is 17.4. The van der Waals surface area contributed by atoms with Crippen LogP contribution in [-0.4, -0.2) is 50.4 Å². The van der Waals surface area contributed by atoms with Gasteiger partial charge in [0.2, 0.25) is 5.91 Å². The Balaban J connectivity index is 1.67. The minimum absolute atomic E-state index is 0.310. The molecule has 2 N–H and O–H groups in total. The molecule has 0 unspecified atom stereocenters. The first-order valence-corrected chi connectivity index (χ1v) is 10.9. The number of carbonyl (C=O) groups is 2. The molecule has 1 atom stereocenters. The number of aromatic nitrogens is 4. The van der Waals surface area contributed by atoms with Gasteiger partial charge in [-0.25, -0.2) is 9.48 Å². The van der Waals surface area contributed by atoms with Crippen LogP contribution in [0, 0.1) is 0 Å². The lowest BCUT2D eigenvalue weighted by Crippen LogP contribution is -2.49. The maximum Gasteiger partial charge on any atom is 0.408 e. The SMILES string of the molecule is CC(C)(C)OC(=O)N[C@@H](Cc1ccccc1)C(=O)NCCc1cc(Cl)ccc1-n1cnnn1. The van der Waals surface area contributed by atoms with E-state index in [1.807, 2.05) is 42.5 Å². The van der Waals surface area contributed by atoms with Gasteiger partial charge >= 0.3 is 6.09 Å². The molecule has 0 aliphatic carbocycles. The average Bonchev–Trinajstić information content (AvgIpc) is 3.27. The highest BCUT2D eigenvalue weighted by Gasteiger charge is 2.24. The number of ether oxygens (including phenoxy) is 1. The number of tetrazole rings is 1. The van der Waals surface area contributed by atoms with Crippen LogP contribution in [0.4, 0.5) is 4.79 Å². The van der Waals surface area contributed by atoms with Crippen molar-refractivity contribution in [3.63, 3.8) is 0 Å². The Bertz CT molecular complexity index is 1070. The van der Waals surface area contributed by atoms with E-state index < -0.39 is 17.7 Å². The van der Waals surface area contributed by atoms with Gasteiger partial charge in [0.1, 0.15) is 18.0 Å². The summed E-state index contributed by atoms with van der Waals surface area (Å²) in [6.07, 6.45) is 1.67. The van der Waals surface area contributed by atoms with Crippen LogP contribution in [0.1, 0.15) is 31.9 Å². The zero-order valence-electron chi connectivity index (χ0n) is 18.8. The Labute approximate surface area is 197 Å². The van der Waals surface area contributed by atoms with Crippen LogP contribution >= 0.6 is 11.6 Å². The van der Waals surface area contributed by atoms with Crippen LogP contribution < -0.4 is 10.6 Å². The van der Waals surface area contributed by atoms with Crippen LogP contribution in [-0.2, 0) is 22.4 Å². The molecule has 0 aliphatic heterocycles. The Morgan fingerprint density at radius 3 is 2.58 bits per heavy atom. The number of nitrogens with zero attached hydrogens (tertiary/aromatic N) is 4. The number of rotatable bonds is 8. The first-order valence-electron chi connectivity index (χ1n) is 10.5. The van der Waals surface area contributed by atoms with E-state index in [9.17, 15) is 9.59 Å². The third-order valence-electron chi connectivity index (χ3n) is 4.62. The molecule has 33 heavy (non-hydrogen) atoms. The topological polar surface area (TPSA) is 111 Å². The third-order valence-corrected chi connectivity index (χ3v) is 4.86. The molecule has 2 aromatic carbocycles. The monoisotopic (exact) mass is 470 g/mol. The highest BCUT2D eigenvalue weighted by Crippen LogP contribution is 2.19. The fraction of sp³-hybridized carbons (Fsp3) is 0.348. The molecule has 174 valence electrons. The van der Waals surface area contributed by atoms with Crippen LogP contribution in [0.5, 0.6) is 0 Å². The Hall–Kier alpha value is -3.46. The van der Waals surface area contributed by atoms with Gasteiger partial charge in [-0.05, 0) is 66.9 Å². The van der Waals surface area contributed by atoms with Gasteiger partial charge in [0, 0.05) is 18.0 Å². The molecule has 1 heterocycles. The summed E-state index contributed by atoms with van der Waals surface area (Å²) in [5.41, 5.74) is 1.89. The number of nitrogens with one attached hydrogen (secondary N) is 2. The van der Waals surface area contributed by atoms with Crippen LogP contribution in [0.2, 0.25) is 5.02 Å². The van der Waals surface area contributed by atoms with Crippen LogP contribution in [0.3, 0.4) is 0 Å². The summed E-state index contributed by atoms with van der Waals surface area (Å²) in [4.78, 5) is 25.3. The lowest BCUT2D eigenvalue weighted by atomic mass is 10.0. The van der Waals surface area contributed by atoms with Crippen molar-refractivity contribution >= 4 is 23.6 Å². The van der Waals surface area contributed by atoms with Crippen LogP contribution in [0.15, 0.2) is 54.9 Å². The Morgan fingerprint density at radius 1 is 1.15 bits per heavy atom. The lowest BCUT2D eigenvalue weighted by Gasteiger charge is -2.23. The molecule has 0 fully saturated rings. The molecule has 3 rings (SSSR count). The van der Waals surface area contributed by atoms with E-state index in [0.29, 0.717) is 24.4 Å². The molecular weight excluding hydrogens is 444 g/mol. The van der Waals surface area contributed by atoms with E-state index in [0.717, 1.165) is 16.8 Å². The molecule has 0 saturated heterocycles. The molecule has 0 aliphatic rings. The van der Waals surface area contributed by atoms with E-state index in [2.05, 4.69) is 26.2 Å². The molecule has 10 heteroatoms. The molecule has 0 saturated carbocycles. The average molecular weight is 471 g/mol. The van der Waals surface area contributed by atoms with Gasteiger partial charge in [0.15, 0.2) is 0 Å². The van der Waals surface area contributed by atoms with Crippen molar-refractivity contribution in [1.82, 2.24) is 30.8 Å². The standard InChI is InChI=1S/C23H27ClN6O3/c1-23(2,3)33-22(32)27-19(13-16-7-5-4-6-8-16)21(31)25-12-11-17-14-18(24)9-10-20(17)30-15-26-28-29-30/h4-10,14-15,19H,11-13H2,1-3H3,(H,25,31)(H,27,32)/t19-/m0/s1. The van der Waals surface area contributed by atoms with Gasteiger partial charge in [-0.3, -0.25) is 4.79 Å². The minimum Gasteiger partial charge on any atom is -0.444 e. The highest BCUT2D eigenvalue weighted by atomic mass is 35.5. The van der Waals surface area contributed by atoms with E-state index in [-0.39, 0.29) is 5.91 Å². The Morgan fingerprint density at radius 2 is 1.91 bits per heavy atom. The first kappa shape index (κ1) is 24.2.